The van der Waals surface area contributed by atoms with E-state index in [-0.39, 0.29) is 18.4 Å². The van der Waals surface area contributed by atoms with Gasteiger partial charge in [0.25, 0.3) is 0 Å². The van der Waals surface area contributed by atoms with Gasteiger partial charge < -0.3 is 9.15 Å². The van der Waals surface area contributed by atoms with E-state index < -0.39 is 5.76 Å². The molecule has 0 aliphatic heterocycles. The van der Waals surface area contributed by atoms with Crippen LogP contribution in [0.3, 0.4) is 0 Å². The highest BCUT2D eigenvalue weighted by Crippen LogP contribution is 2.16. The molecule has 0 unspecified atom stereocenters. The fourth-order valence-corrected chi connectivity index (χ4v) is 2.47. The van der Waals surface area contributed by atoms with Crippen molar-refractivity contribution in [1.29, 1.82) is 0 Å². The average Bonchev–Trinajstić information content (AvgIpc) is 2.96. The van der Waals surface area contributed by atoms with Crippen LogP contribution >= 0.6 is 0 Å². The molecule has 0 aliphatic rings. The predicted octanol–water partition coefficient (Wildman–Crippen LogP) is 2.74. The second-order valence-electron chi connectivity index (χ2n) is 5.69. The Hall–Kier alpha value is -2.93. The molecule has 25 heavy (non-hydrogen) atoms. The molecule has 0 saturated heterocycles. The number of hydrogen-bond acceptors (Lipinski definition) is 5. The van der Waals surface area contributed by atoms with E-state index in [1.165, 1.54) is 28.9 Å². The second-order valence-corrected chi connectivity index (χ2v) is 5.69. The Morgan fingerprint density at radius 1 is 1.24 bits per heavy atom. The SMILES string of the molecule is COc1cccc(CN(C)Cn2nc(-c3ccc(F)cc3)oc2=O)c1. The molecule has 3 aromatic rings. The minimum atomic E-state index is -0.559. The van der Waals surface area contributed by atoms with Crippen molar-refractivity contribution < 1.29 is 13.5 Å². The summed E-state index contributed by atoms with van der Waals surface area (Å²) in [6.07, 6.45) is 0. The van der Waals surface area contributed by atoms with Crippen LogP contribution in [0.1, 0.15) is 5.56 Å². The minimum absolute atomic E-state index is 0.166. The van der Waals surface area contributed by atoms with Gasteiger partial charge in [0, 0.05) is 12.1 Å². The summed E-state index contributed by atoms with van der Waals surface area (Å²) < 4.78 is 24.6. The molecule has 1 heterocycles. The van der Waals surface area contributed by atoms with Gasteiger partial charge in [-0.1, -0.05) is 12.1 Å². The fourth-order valence-electron chi connectivity index (χ4n) is 2.47. The van der Waals surface area contributed by atoms with E-state index >= 15 is 0 Å². The number of benzene rings is 2. The van der Waals surface area contributed by atoms with Crippen LogP contribution in [0.5, 0.6) is 5.75 Å². The third-order valence-corrected chi connectivity index (χ3v) is 3.66. The van der Waals surface area contributed by atoms with E-state index in [2.05, 4.69) is 5.10 Å². The molecule has 0 spiro atoms. The number of ether oxygens (including phenoxy) is 1. The first-order valence-corrected chi connectivity index (χ1v) is 7.70. The van der Waals surface area contributed by atoms with Crippen molar-refractivity contribution >= 4 is 0 Å². The molecule has 1 aromatic heterocycles. The van der Waals surface area contributed by atoms with E-state index in [0.717, 1.165) is 11.3 Å². The Morgan fingerprint density at radius 2 is 2.00 bits per heavy atom. The highest BCUT2D eigenvalue weighted by atomic mass is 19.1. The highest BCUT2D eigenvalue weighted by molar-refractivity contribution is 5.51. The van der Waals surface area contributed by atoms with Crippen molar-refractivity contribution in [3.05, 3.63) is 70.5 Å². The zero-order valence-electron chi connectivity index (χ0n) is 14.0. The summed E-state index contributed by atoms with van der Waals surface area (Å²) in [6.45, 7) is 0.878. The van der Waals surface area contributed by atoms with Crippen LogP contribution in [0, 0.1) is 5.82 Å². The first kappa shape index (κ1) is 16.9. The lowest BCUT2D eigenvalue weighted by molar-refractivity contribution is 0.236. The van der Waals surface area contributed by atoms with Gasteiger partial charge in [-0.15, -0.1) is 5.10 Å². The van der Waals surface area contributed by atoms with Gasteiger partial charge in [0.05, 0.1) is 7.11 Å². The third kappa shape index (κ3) is 4.13. The molecule has 0 saturated carbocycles. The Bertz CT molecular complexity index is 902. The van der Waals surface area contributed by atoms with E-state index in [1.54, 1.807) is 7.11 Å². The summed E-state index contributed by atoms with van der Waals surface area (Å²) in [5, 5.41) is 4.17. The van der Waals surface area contributed by atoms with E-state index in [0.29, 0.717) is 12.1 Å². The van der Waals surface area contributed by atoms with E-state index in [9.17, 15) is 9.18 Å². The van der Waals surface area contributed by atoms with Crippen molar-refractivity contribution in [2.24, 2.45) is 0 Å². The molecule has 0 bridgehead atoms. The topological polar surface area (TPSA) is 60.5 Å². The van der Waals surface area contributed by atoms with Gasteiger partial charge in [-0.25, -0.2) is 9.18 Å². The summed E-state index contributed by atoms with van der Waals surface area (Å²) in [5.41, 5.74) is 1.60. The van der Waals surface area contributed by atoms with Crippen molar-refractivity contribution in [1.82, 2.24) is 14.7 Å². The predicted molar refractivity (Wildman–Crippen MR) is 90.6 cm³/mol. The smallest absolute Gasteiger partial charge is 0.438 e. The summed E-state index contributed by atoms with van der Waals surface area (Å²) >= 11 is 0. The average molecular weight is 343 g/mol. The van der Waals surface area contributed by atoms with Gasteiger partial charge in [-0.05, 0) is 49.0 Å². The number of aromatic nitrogens is 2. The van der Waals surface area contributed by atoms with Crippen LogP contribution in [0.25, 0.3) is 11.5 Å². The second kappa shape index (κ2) is 7.31. The molecule has 0 amide bonds. The first-order valence-electron chi connectivity index (χ1n) is 7.70. The van der Waals surface area contributed by atoms with Gasteiger partial charge in [0.2, 0.25) is 5.89 Å². The lowest BCUT2D eigenvalue weighted by Gasteiger charge is -2.15. The van der Waals surface area contributed by atoms with Gasteiger partial charge in [-0.2, -0.15) is 4.68 Å². The lowest BCUT2D eigenvalue weighted by Crippen LogP contribution is -2.28. The Morgan fingerprint density at radius 3 is 2.72 bits per heavy atom. The molecular weight excluding hydrogens is 325 g/mol. The first-order chi connectivity index (χ1) is 12.0. The van der Waals surface area contributed by atoms with Crippen molar-refractivity contribution in [3.8, 4) is 17.2 Å². The molecule has 6 nitrogen and oxygen atoms in total. The molecule has 2 aromatic carbocycles. The summed E-state index contributed by atoms with van der Waals surface area (Å²) in [7, 11) is 3.49. The van der Waals surface area contributed by atoms with Gasteiger partial charge in [0.15, 0.2) is 0 Å². The zero-order chi connectivity index (χ0) is 17.8. The molecule has 0 aliphatic carbocycles. The quantitative estimate of drug-likeness (QED) is 0.689. The Labute approximate surface area is 144 Å². The van der Waals surface area contributed by atoms with Crippen molar-refractivity contribution in [3.63, 3.8) is 0 Å². The van der Waals surface area contributed by atoms with Gasteiger partial charge in [-0.3, -0.25) is 4.90 Å². The van der Waals surface area contributed by atoms with Gasteiger partial charge in [0.1, 0.15) is 18.2 Å². The molecule has 130 valence electrons. The van der Waals surface area contributed by atoms with Crippen LogP contribution in [0.2, 0.25) is 0 Å². The number of nitrogens with zero attached hydrogens (tertiary/aromatic N) is 3. The molecule has 0 radical (unpaired) electrons. The molecular formula is C18H18FN3O3. The van der Waals surface area contributed by atoms with Gasteiger partial charge >= 0.3 is 5.76 Å². The maximum atomic E-state index is 13.0. The summed E-state index contributed by atoms with van der Waals surface area (Å²) in [5.74, 6) is 0.0308. The lowest BCUT2D eigenvalue weighted by atomic mass is 10.2. The molecule has 0 fully saturated rings. The van der Waals surface area contributed by atoms with Crippen LogP contribution in [0.15, 0.2) is 57.7 Å². The van der Waals surface area contributed by atoms with Crippen LogP contribution in [-0.4, -0.2) is 28.8 Å². The molecule has 3 rings (SSSR count). The van der Waals surface area contributed by atoms with Crippen LogP contribution in [-0.2, 0) is 13.2 Å². The minimum Gasteiger partial charge on any atom is -0.497 e. The Balaban J connectivity index is 1.72. The highest BCUT2D eigenvalue weighted by Gasteiger charge is 2.12. The van der Waals surface area contributed by atoms with Crippen molar-refractivity contribution in [2.75, 3.05) is 14.2 Å². The fraction of sp³-hybridized carbons (Fsp3) is 0.222. The third-order valence-electron chi connectivity index (χ3n) is 3.66. The largest absolute Gasteiger partial charge is 0.497 e. The van der Waals surface area contributed by atoms with E-state index in [4.69, 9.17) is 9.15 Å². The molecule has 7 heteroatoms. The zero-order valence-corrected chi connectivity index (χ0v) is 14.0. The number of halogens is 1. The number of methoxy groups -OCH3 is 1. The summed E-state index contributed by atoms with van der Waals surface area (Å²) in [6, 6.07) is 13.3. The normalized spacial score (nSPS) is 11.0. The number of hydrogen-bond donors (Lipinski definition) is 0. The van der Waals surface area contributed by atoms with Crippen LogP contribution in [0.4, 0.5) is 4.39 Å². The number of rotatable bonds is 6. The Kier molecular flexibility index (Phi) is 4.95. The van der Waals surface area contributed by atoms with E-state index in [1.807, 2.05) is 36.2 Å². The molecule has 0 atom stereocenters. The van der Waals surface area contributed by atoms with Crippen LogP contribution < -0.4 is 10.5 Å². The summed E-state index contributed by atoms with van der Waals surface area (Å²) in [4.78, 5) is 13.9. The monoisotopic (exact) mass is 343 g/mol. The molecule has 0 N–H and O–H groups in total. The maximum Gasteiger partial charge on any atom is 0.438 e. The standard InChI is InChI=1S/C18H18FN3O3/c1-21(11-13-4-3-5-16(10-13)24-2)12-22-18(23)25-17(20-22)14-6-8-15(19)9-7-14/h3-10H,11-12H2,1-2H3. The van der Waals surface area contributed by atoms with Crippen molar-refractivity contribution in [2.45, 2.75) is 13.2 Å². The maximum absolute atomic E-state index is 13.0.